The number of carboxylic acid groups (broad SMARTS) is 1. The van der Waals surface area contributed by atoms with Gasteiger partial charge < -0.3 is 31.8 Å². The Kier molecular flexibility index (Phi) is 9.44. The maximum Gasteiger partial charge on any atom is 0.325 e. The molecule has 1 rings (SSSR count). The van der Waals surface area contributed by atoms with Crippen LogP contribution >= 0.6 is 0 Å². The van der Waals surface area contributed by atoms with Gasteiger partial charge in [0.2, 0.25) is 17.7 Å². The van der Waals surface area contributed by atoms with Gasteiger partial charge in [0.05, 0.1) is 12.4 Å². The number of aromatic nitrogens is 2. The molecule has 1 heterocycles. The van der Waals surface area contributed by atoms with Crippen molar-refractivity contribution in [2.45, 2.75) is 65.2 Å². The molecule has 11 heteroatoms. The zero-order chi connectivity index (χ0) is 23.0. The molecule has 0 aliphatic heterocycles. The van der Waals surface area contributed by atoms with Crippen molar-refractivity contribution in [3.05, 3.63) is 18.2 Å². The summed E-state index contributed by atoms with van der Waals surface area (Å²) < 4.78 is 0. The van der Waals surface area contributed by atoms with Crippen molar-refractivity contribution in [3.63, 3.8) is 0 Å². The fourth-order valence-corrected chi connectivity index (χ4v) is 2.55. The summed E-state index contributed by atoms with van der Waals surface area (Å²) in [6, 6.07) is -3.91. The monoisotopic (exact) mass is 424 g/mol. The number of nitrogens with zero attached hydrogens (tertiary/aromatic N) is 1. The van der Waals surface area contributed by atoms with E-state index in [0.29, 0.717) is 5.69 Å². The number of amides is 3. The van der Waals surface area contributed by atoms with Crippen molar-refractivity contribution < 1.29 is 24.3 Å². The molecule has 0 bridgehead atoms. The third kappa shape index (κ3) is 7.47. The third-order valence-corrected chi connectivity index (χ3v) is 4.61. The number of rotatable bonds is 11. The molecule has 7 N–H and O–H groups in total. The molecule has 0 aliphatic rings. The topological polar surface area (TPSA) is 179 Å². The minimum absolute atomic E-state index is 0.111. The summed E-state index contributed by atoms with van der Waals surface area (Å²) in [5.41, 5.74) is 6.49. The van der Waals surface area contributed by atoms with Gasteiger partial charge in [0.1, 0.15) is 18.1 Å². The number of hydrogen-bond acceptors (Lipinski definition) is 6. The molecule has 0 fully saturated rings. The molecule has 11 nitrogen and oxygen atoms in total. The molecular formula is C19H32N6O5. The summed E-state index contributed by atoms with van der Waals surface area (Å²) in [5.74, 6) is -3.35. The first-order valence-corrected chi connectivity index (χ1v) is 9.80. The standard InChI is InChI=1S/C19H32N6O5/c1-9(2)14(20)17(27)24-13(6-12-7-21-8-22-12)16(26)25-15(10(3)4)18(28)23-11(5)19(29)30/h7-11,13-15H,6,20H2,1-5H3,(H,21,22)(H,23,28)(H,24,27)(H,25,26)(H,29,30). The van der Waals surface area contributed by atoms with Crippen molar-refractivity contribution in [1.82, 2.24) is 25.9 Å². The quantitative estimate of drug-likeness (QED) is 0.268. The first kappa shape index (κ1) is 25.1. The smallest absolute Gasteiger partial charge is 0.325 e. The van der Waals surface area contributed by atoms with Crippen LogP contribution in [0.2, 0.25) is 0 Å². The first-order chi connectivity index (χ1) is 13.9. The van der Waals surface area contributed by atoms with Gasteiger partial charge in [-0.05, 0) is 18.8 Å². The van der Waals surface area contributed by atoms with Gasteiger partial charge in [0.25, 0.3) is 0 Å². The number of carbonyl (C=O) groups excluding carboxylic acids is 3. The van der Waals surface area contributed by atoms with E-state index in [2.05, 4.69) is 25.9 Å². The molecule has 0 spiro atoms. The molecule has 0 radical (unpaired) electrons. The molecule has 0 saturated heterocycles. The van der Waals surface area contributed by atoms with Crippen molar-refractivity contribution >= 4 is 23.7 Å². The average Bonchev–Trinajstić information content (AvgIpc) is 3.16. The Balaban J connectivity index is 2.98. The van der Waals surface area contributed by atoms with Gasteiger partial charge in [-0.1, -0.05) is 27.7 Å². The molecule has 3 amide bonds. The highest BCUT2D eigenvalue weighted by Crippen LogP contribution is 2.07. The van der Waals surface area contributed by atoms with Gasteiger partial charge in [0.15, 0.2) is 0 Å². The largest absolute Gasteiger partial charge is 0.480 e. The van der Waals surface area contributed by atoms with Crippen molar-refractivity contribution in [3.8, 4) is 0 Å². The molecule has 4 unspecified atom stereocenters. The summed E-state index contributed by atoms with van der Waals surface area (Å²) in [7, 11) is 0. The number of nitrogens with two attached hydrogens (primary N) is 1. The second kappa shape index (κ2) is 11.3. The van der Waals surface area contributed by atoms with Gasteiger partial charge in [-0.25, -0.2) is 4.98 Å². The van der Waals surface area contributed by atoms with Crippen molar-refractivity contribution in [2.24, 2.45) is 17.6 Å². The Morgan fingerprint density at radius 2 is 1.63 bits per heavy atom. The van der Waals surface area contributed by atoms with E-state index in [0.717, 1.165) is 0 Å². The van der Waals surface area contributed by atoms with E-state index in [1.54, 1.807) is 27.7 Å². The van der Waals surface area contributed by atoms with Crippen LogP contribution in [0.4, 0.5) is 0 Å². The van der Waals surface area contributed by atoms with E-state index < -0.39 is 47.9 Å². The second-order valence-corrected chi connectivity index (χ2v) is 7.91. The molecule has 4 atom stereocenters. The number of carboxylic acids is 1. The number of carbonyl (C=O) groups is 4. The molecule has 30 heavy (non-hydrogen) atoms. The third-order valence-electron chi connectivity index (χ3n) is 4.61. The minimum Gasteiger partial charge on any atom is -0.480 e. The minimum atomic E-state index is -1.19. The van der Waals surface area contributed by atoms with Crippen LogP contribution in [-0.4, -0.2) is 62.9 Å². The predicted octanol–water partition coefficient (Wildman–Crippen LogP) is -0.850. The fourth-order valence-electron chi connectivity index (χ4n) is 2.55. The van der Waals surface area contributed by atoms with E-state index in [1.807, 2.05) is 0 Å². The second-order valence-electron chi connectivity index (χ2n) is 7.91. The number of aliphatic carboxylic acids is 1. The summed E-state index contributed by atoms with van der Waals surface area (Å²) in [5, 5.41) is 16.6. The Morgan fingerprint density at radius 1 is 1.00 bits per heavy atom. The Morgan fingerprint density at radius 3 is 2.10 bits per heavy atom. The number of nitrogens with one attached hydrogen (secondary N) is 4. The zero-order valence-electron chi connectivity index (χ0n) is 17.9. The molecule has 0 saturated carbocycles. The number of hydrogen-bond donors (Lipinski definition) is 6. The first-order valence-electron chi connectivity index (χ1n) is 9.80. The number of aromatic amines is 1. The van der Waals surface area contributed by atoms with Crippen molar-refractivity contribution in [2.75, 3.05) is 0 Å². The average molecular weight is 425 g/mol. The molecule has 168 valence electrons. The van der Waals surface area contributed by atoms with Crippen LogP contribution in [-0.2, 0) is 25.6 Å². The number of H-pyrrole nitrogens is 1. The predicted molar refractivity (Wildman–Crippen MR) is 109 cm³/mol. The number of imidazole rings is 1. The van der Waals surface area contributed by atoms with Crippen LogP contribution in [0.25, 0.3) is 0 Å². The van der Waals surface area contributed by atoms with Gasteiger partial charge in [-0.3, -0.25) is 19.2 Å². The zero-order valence-corrected chi connectivity index (χ0v) is 17.9. The maximum absolute atomic E-state index is 12.9. The summed E-state index contributed by atoms with van der Waals surface area (Å²) >= 11 is 0. The van der Waals surface area contributed by atoms with Crippen LogP contribution in [0.15, 0.2) is 12.5 Å². The van der Waals surface area contributed by atoms with Crippen LogP contribution in [0.3, 0.4) is 0 Å². The molecule has 0 aromatic carbocycles. The van der Waals surface area contributed by atoms with Gasteiger partial charge in [-0.15, -0.1) is 0 Å². The lowest BCUT2D eigenvalue weighted by Crippen LogP contribution is -2.59. The van der Waals surface area contributed by atoms with E-state index in [9.17, 15) is 19.2 Å². The fraction of sp³-hybridized carbons (Fsp3) is 0.632. The van der Waals surface area contributed by atoms with Gasteiger partial charge in [-0.2, -0.15) is 0 Å². The lowest BCUT2D eigenvalue weighted by Gasteiger charge is -2.27. The van der Waals surface area contributed by atoms with E-state index in [1.165, 1.54) is 19.4 Å². The van der Waals surface area contributed by atoms with Crippen LogP contribution in [0, 0.1) is 11.8 Å². The normalized spacial score (nSPS) is 15.2. The highest BCUT2D eigenvalue weighted by atomic mass is 16.4. The summed E-state index contributed by atoms with van der Waals surface area (Å²) in [4.78, 5) is 55.6. The van der Waals surface area contributed by atoms with E-state index in [-0.39, 0.29) is 18.3 Å². The molecule has 1 aromatic heterocycles. The van der Waals surface area contributed by atoms with Gasteiger partial charge in [0, 0.05) is 18.3 Å². The Labute approximate surface area is 175 Å². The summed E-state index contributed by atoms with van der Waals surface area (Å²) in [6.07, 6.45) is 3.08. The Bertz CT molecular complexity index is 734. The molecule has 1 aromatic rings. The van der Waals surface area contributed by atoms with Crippen molar-refractivity contribution in [1.29, 1.82) is 0 Å². The maximum atomic E-state index is 12.9. The SMILES string of the molecule is CC(NC(=O)C(NC(=O)C(Cc1cnc[nH]1)NC(=O)C(N)C(C)C)C(C)C)C(=O)O. The highest BCUT2D eigenvalue weighted by Gasteiger charge is 2.31. The lowest BCUT2D eigenvalue weighted by molar-refractivity contribution is -0.142. The summed E-state index contributed by atoms with van der Waals surface area (Å²) in [6.45, 7) is 8.34. The lowest BCUT2D eigenvalue weighted by atomic mass is 10.0. The molecule has 0 aliphatic carbocycles. The van der Waals surface area contributed by atoms with Crippen LogP contribution in [0.5, 0.6) is 0 Å². The van der Waals surface area contributed by atoms with E-state index >= 15 is 0 Å². The van der Waals surface area contributed by atoms with Crippen LogP contribution in [0.1, 0.15) is 40.3 Å². The van der Waals surface area contributed by atoms with Gasteiger partial charge >= 0.3 is 5.97 Å². The van der Waals surface area contributed by atoms with E-state index in [4.69, 9.17) is 10.8 Å². The highest BCUT2D eigenvalue weighted by molar-refractivity contribution is 5.94. The Hall–Kier alpha value is -2.95. The molecular weight excluding hydrogens is 392 g/mol. The van der Waals surface area contributed by atoms with Crippen LogP contribution < -0.4 is 21.7 Å².